The Kier molecular flexibility index (Phi) is 5.95. The van der Waals surface area contributed by atoms with Crippen molar-refractivity contribution in [2.75, 3.05) is 5.73 Å². The van der Waals surface area contributed by atoms with Gasteiger partial charge in [0.25, 0.3) is 5.91 Å². The van der Waals surface area contributed by atoms with Gasteiger partial charge in [0.1, 0.15) is 18.0 Å². The number of hydrogen-bond acceptors (Lipinski definition) is 7. The van der Waals surface area contributed by atoms with E-state index in [1.807, 2.05) is 11.0 Å². The Morgan fingerprint density at radius 3 is 2.45 bits per heavy atom. The van der Waals surface area contributed by atoms with Gasteiger partial charge in [0.2, 0.25) is 5.82 Å². The summed E-state index contributed by atoms with van der Waals surface area (Å²) in [6.07, 6.45) is 3.13. The summed E-state index contributed by atoms with van der Waals surface area (Å²) in [6, 6.07) is 7.51. The SMILES string of the molecule is Nc1cc([C@@H]2C[C@H]3CC[C@@H](C2)N3C(=O)c2nnc[nH]2)nc2c(-c3ccc(-c4ccc(C(F)(F)F)cc4F)nc3)cnn12. The summed E-state index contributed by atoms with van der Waals surface area (Å²) >= 11 is 0. The number of alkyl halides is 3. The van der Waals surface area contributed by atoms with Crippen LogP contribution in [0.4, 0.5) is 23.4 Å². The minimum Gasteiger partial charge on any atom is -0.384 e. The number of nitrogens with one attached hydrogen (secondary N) is 1. The number of amides is 1. The summed E-state index contributed by atoms with van der Waals surface area (Å²) in [4.78, 5) is 27.0. The zero-order chi connectivity index (χ0) is 29.2. The van der Waals surface area contributed by atoms with E-state index in [9.17, 15) is 22.4 Å². The molecule has 4 aromatic heterocycles. The van der Waals surface area contributed by atoms with Crippen LogP contribution in [0.2, 0.25) is 0 Å². The van der Waals surface area contributed by atoms with Crippen molar-refractivity contribution in [1.29, 1.82) is 0 Å². The minimum atomic E-state index is -4.64. The molecule has 2 bridgehead atoms. The van der Waals surface area contributed by atoms with Crippen LogP contribution in [0.1, 0.15) is 53.5 Å². The predicted octanol–water partition coefficient (Wildman–Crippen LogP) is 4.87. The number of rotatable bonds is 4. The highest BCUT2D eigenvalue weighted by Crippen LogP contribution is 2.44. The van der Waals surface area contributed by atoms with Crippen LogP contribution in [0.5, 0.6) is 0 Å². The van der Waals surface area contributed by atoms with Gasteiger partial charge in [0.05, 0.1) is 17.5 Å². The Labute approximate surface area is 235 Å². The fraction of sp³-hybridized carbons (Fsp3) is 0.286. The molecule has 1 aromatic carbocycles. The highest BCUT2D eigenvalue weighted by Gasteiger charge is 2.45. The van der Waals surface area contributed by atoms with Gasteiger partial charge in [-0.2, -0.15) is 22.8 Å². The van der Waals surface area contributed by atoms with Gasteiger partial charge in [0.15, 0.2) is 5.65 Å². The van der Waals surface area contributed by atoms with Gasteiger partial charge in [0, 0.05) is 52.6 Å². The van der Waals surface area contributed by atoms with Crippen LogP contribution in [0.3, 0.4) is 0 Å². The Bertz CT molecular complexity index is 1790. The average Bonchev–Trinajstić information content (AvgIpc) is 3.71. The van der Waals surface area contributed by atoms with Crippen LogP contribution < -0.4 is 5.73 Å². The van der Waals surface area contributed by atoms with Crippen LogP contribution in [0, 0.1) is 5.82 Å². The summed E-state index contributed by atoms with van der Waals surface area (Å²) in [7, 11) is 0. The Morgan fingerprint density at radius 2 is 1.81 bits per heavy atom. The molecule has 0 unspecified atom stereocenters. The molecule has 0 radical (unpaired) electrons. The van der Waals surface area contributed by atoms with Gasteiger partial charge < -0.3 is 15.6 Å². The van der Waals surface area contributed by atoms with Crippen LogP contribution in [0.25, 0.3) is 28.0 Å². The van der Waals surface area contributed by atoms with Gasteiger partial charge in [-0.25, -0.2) is 9.37 Å². The van der Waals surface area contributed by atoms with Crippen molar-refractivity contribution in [3.8, 4) is 22.4 Å². The first-order valence-electron chi connectivity index (χ1n) is 13.3. The van der Waals surface area contributed by atoms with E-state index < -0.39 is 17.6 Å². The van der Waals surface area contributed by atoms with E-state index in [1.54, 1.807) is 12.3 Å². The number of pyridine rings is 1. The molecule has 2 aliphatic rings. The summed E-state index contributed by atoms with van der Waals surface area (Å²) in [5.74, 6) is -0.433. The maximum absolute atomic E-state index is 14.5. The van der Waals surface area contributed by atoms with E-state index in [-0.39, 0.29) is 41.0 Å². The van der Waals surface area contributed by atoms with Gasteiger partial charge in [-0.15, -0.1) is 10.2 Å². The molecule has 1 amide bonds. The van der Waals surface area contributed by atoms with Crippen molar-refractivity contribution >= 4 is 17.4 Å². The molecular weight excluding hydrogens is 554 g/mol. The number of benzene rings is 1. The van der Waals surface area contributed by atoms with Crippen molar-refractivity contribution in [1.82, 2.24) is 39.7 Å². The standard InChI is InChI=1S/C28H23F4N9O/c29-21-9-16(28(30,31)32)2-5-19(21)22-6-1-14(11-34-22)20-12-37-41-24(33)10-23(38-26(20)41)15-7-17-3-4-18(8-15)40(17)27(42)25-35-13-36-39-25/h1-2,5-6,9-13,15,17-18H,3-4,7-8,33H2,(H,35,36,39)/t15-,17-,18+. The van der Waals surface area contributed by atoms with E-state index in [0.717, 1.165) is 43.5 Å². The molecule has 42 heavy (non-hydrogen) atoms. The second-order valence-electron chi connectivity index (χ2n) is 10.6. The maximum Gasteiger partial charge on any atom is 0.416 e. The number of nitrogens with zero attached hydrogens (tertiary/aromatic N) is 7. The van der Waals surface area contributed by atoms with Crippen LogP contribution in [-0.4, -0.2) is 57.7 Å². The van der Waals surface area contributed by atoms with E-state index >= 15 is 0 Å². The number of aromatic amines is 1. The second-order valence-corrected chi connectivity index (χ2v) is 10.6. The molecule has 3 N–H and O–H groups in total. The Morgan fingerprint density at radius 1 is 1.02 bits per heavy atom. The molecule has 2 fully saturated rings. The molecule has 14 heteroatoms. The molecular formula is C28H23F4N9O. The van der Waals surface area contributed by atoms with Crippen molar-refractivity contribution in [3.05, 3.63) is 78.0 Å². The normalized spacial score (nSPS) is 20.4. The number of nitrogens with two attached hydrogens (primary N) is 1. The number of carbonyl (C=O) groups excluding carboxylic acids is 1. The molecule has 0 aliphatic carbocycles. The molecule has 3 atom stereocenters. The zero-order valence-corrected chi connectivity index (χ0v) is 21.9. The summed E-state index contributed by atoms with van der Waals surface area (Å²) in [6.45, 7) is 0. The van der Waals surface area contributed by atoms with E-state index in [0.29, 0.717) is 28.7 Å². The first-order valence-corrected chi connectivity index (χ1v) is 13.3. The Balaban J connectivity index is 1.16. The van der Waals surface area contributed by atoms with E-state index in [4.69, 9.17) is 10.7 Å². The largest absolute Gasteiger partial charge is 0.416 e. The average molecular weight is 578 g/mol. The number of H-pyrrole nitrogens is 1. The molecule has 2 saturated heterocycles. The van der Waals surface area contributed by atoms with Gasteiger partial charge in [-0.3, -0.25) is 9.78 Å². The second kappa shape index (κ2) is 9.60. The summed E-state index contributed by atoms with van der Waals surface area (Å²) in [5, 5.41) is 12.0. The number of nitrogen functional groups attached to an aromatic ring is 1. The molecule has 214 valence electrons. The topological polar surface area (TPSA) is 131 Å². The van der Waals surface area contributed by atoms with Crippen molar-refractivity contribution < 1.29 is 22.4 Å². The monoisotopic (exact) mass is 577 g/mol. The van der Waals surface area contributed by atoms with Crippen LogP contribution >= 0.6 is 0 Å². The number of hydrogen-bond donors (Lipinski definition) is 2. The first kappa shape index (κ1) is 26.0. The van der Waals surface area contributed by atoms with Crippen molar-refractivity contribution in [2.45, 2.75) is 49.9 Å². The lowest BCUT2D eigenvalue weighted by Crippen LogP contribution is -2.46. The number of piperidine rings is 1. The van der Waals surface area contributed by atoms with Gasteiger partial charge >= 0.3 is 6.18 Å². The quantitative estimate of drug-likeness (QED) is 0.292. The first-order chi connectivity index (χ1) is 20.2. The lowest BCUT2D eigenvalue weighted by molar-refractivity contribution is -0.137. The predicted molar refractivity (Wildman–Crippen MR) is 142 cm³/mol. The van der Waals surface area contributed by atoms with Gasteiger partial charge in [-0.1, -0.05) is 6.07 Å². The fourth-order valence-corrected chi connectivity index (χ4v) is 6.21. The third-order valence-corrected chi connectivity index (χ3v) is 8.17. The maximum atomic E-state index is 14.5. The molecule has 2 aliphatic heterocycles. The highest BCUT2D eigenvalue weighted by molar-refractivity contribution is 5.91. The molecule has 6 heterocycles. The molecule has 0 spiro atoms. The van der Waals surface area contributed by atoms with Gasteiger partial charge in [-0.05, 0) is 49.9 Å². The fourth-order valence-electron chi connectivity index (χ4n) is 6.21. The Hall–Kier alpha value is -4.88. The number of halogens is 4. The molecule has 5 aromatic rings. The minimum absolute atomic E-state index is 0.0400. The van der Waals surface area contributed by atoms with Crippen molar-refractivity contribution in [3.63, 3.8) is 0 Å². The zero-order valence-electron chi connectivity index (χ0n) is 21.9. The lowest BCUT2D eigenvalue weighted by atomic mass is 9.87. The lowest BCUT2D eigenvalue weighted by Gasteiger charge is -2.38. The smallest absolute Gasteiger partial charge is 0.384 e. The number of aromatic nitrogens is 7. The van der Waals surface area contributed by atoms with E-state index in [1.165, 1.54) is 23.1 Å². The molecule has 0 saturated carbocycles. The van der Waals surface area contributed by atoms with Crippen molar-refractivity contribution in [2.24, 2.45) is 0 Å². The third-order valence-electron chi connectivity index (χ3n) is 8.17. The molecule has 10 nitrogen and oxygen atoms in total. The highest BCUT2D eigenvalue weighted by atomic mass is 19.4. The molecule has 7 rings (SSSR count). The van der Waals surface area contributed by atoms with E-state index in [2.05, 4.69) is 25.3 Å². The number of carbonyl (C=O) groups is 1. The number of anilines is 1. The number of fused-ring (bicyclic) bond motifs is 3. The summed E-state index contributed by atoms with van der Waals surface area (Å²) < 4.78 is 54.8. The third kappa shape index (κ3) is 4.33. The van der Waals surface area contributed by atoms with Crippen LogP contribution in [-0.2, 0) is 6.18 Å². The summed E-state index contributed by atoms with van der Waals surface area (Å²) in [5.41, 5.74) is 8.08. The van der Waals surface area contributed by atoms with Crippen LogP contribution in [0.15, 0.2) is 55.1 Å².